The monoisotopic (exact) mass is 249 g/mol. The van der Waals surface area contributed by atoms with E-state index < -0.39 is 0 Å². The fraction of sp³-hybridized carbons (Fsp3) is 0.462. The molecule has 1 heterocycles. The predicted molar refractivity (Wildman–Crippen MR) is 70.1 cm³/mol. The summed E-state index contributed by atoms with van der Waals surface area (Å²) in [5.41, 5.74) is 8.54. The van der Waals surface area contributed by atoms with E-state index in [2.05, 4.69) is 9.88 Å². The molecule has 3 N–H and O–H groups in total. The van der Waals surface area contributed by atoms with Gasteiger partial charge in [-0.25, -0.2) is 4.98 Å². The Morgan fingerprint density at radius 3 is 3.00 bits per heavy atom. The maximum atomic E-state index is 8.92. The molecule has 0 spiro atoms. The van der Waals surface area contributed by atoms with Crippen molar-refractivity contribution in [2.75, 3.05) is 20.2 Å². The second kappa shape index (κ2) is 5.48. The van der Waals surface area contributed by atoms with Crippen LogP contribution in [0.4, 0.5) is 0 Å². The van der Waals surface area contributed by atoms with Crippen LogP contribution in [0, 0.1) is 6.92 Å². The minimum Gasteiger partial charge on any atom is -0.441 e. The standard InChI is InChI=1S/C13H19N3O2/c1-9-15-12-4-3-10(5-13(12)18-9)6-16(2)7-11(14)8-17/h3-5,11,17H,6-8,14H2,1-2H3. The van der Waals surface area contributed by atoms with E-state index in [1.807, 2.05) is 32.2 Å². The molecule has 0 saturated carbocycles. The molecule has 0 fully saturated rings. The van der Waals surface area contributed by atoms with Gasteiger partial charge in [-0.15, -0.1) is 0 Å². The lowest BCUT2D eigenvalue weighted by Crippen LogP contribution is -2.37. The number of nitrogens with zero attached hydrogens (tertiary/aromatic N) is 2. The van der Waals surface area contributed by atoms with Gasteiger partial charge in [-0.2, -0.15) is 0 Å². The number of hydrogen-bond acceptors (Lipinski definition) is 5. The predicted octanol–water partition coefficient (Wildman–Crippen LogP) is 0.888. The van der Waals surface area contributed by atoms with E-state index in [0.717, 1.165) is 23.2 Å². The molecular weight excluding hydrogens is 230 g/mol. The second-order valence-corrected chi connectivity index (χ2v) is 4.67. The molecule has 0 aliphatic carbocycles. The average Bonchev–Trinajstić information content (AvgIpc) is 2.68. The summed E-state index contributed by atoms with van der Waals surface area (Å²) in [5, 5.41) is 8.92. The summed E-state index contributed by atoms with van der Waals surface area (Å²) >= 11 is 0. The highest BCUT2D eigenvalue weighted by molar-refractivity contribution is 5.73. The largest absolute Gasteiger partial charge is 0.441 e. The smallest absolute Gasteiger partial charge is 0.192 e. The Morgan fingerprint density at radius 1 is 1.50 bits per heavy atom. The van der Waals surface area contributed by atoms with Crippen molar-refractivity contribution in [1.29, 1.82) is 0 Å². The van der Waals surface area contributed by atoms with Gasteiger partial charge in [0, 0.05) is 26.1 Å². The van der Waals surface area contributed by atoms with Crippen molar-refractivity contribution in [3.8, 4) is 0 Å². The zero-order chi connectivity index (χ0) is 13.1. The Balaban J connectivity index is 2.07. The number of likely N-dealkylation sites (N-methyl/N-ethyl adjacent to an activating group) is 1. The van der Waals surface area contributed by atoms with Crippen molar-refractivity contribution in [3.63, 3.8) is 0 Å². The Bertz CT molecular complexity index is 524. The summed E-state index contributed by atoms with van der Waals surface area (Å²) in [6, 6.07) is 5.79. The fourth-order valence-electron chi connectivity index (χ4n) is 2.02. The zero-order valence-electron chi connectivity index (χ0n) is 10.8. The third kappa shape index (κ3) is 3.07. The Morgan fingerprint density at radius 2 is 2.28 bits per heavy atom. The van der Waals surface area contributed by atoms with Gasteiger partial charge >= 0.3 is 0 Å². The van der Waals surface area contributed by atoms with Crippen molar-refractivity contribution in [3.05, 3.63) is 29.7 Å². The number of oxazole rings is 1. The second-order valence-electron chi connectivity index (χ2n) is 4.67. The van der Waals surface area contributed by atoms with Gasteiger partial charge in [0.1, 0.15) is 5.52 Å². The van der Waals surface area contributed by atoms with Crippen LogP contribution in [0.15, 0.2) is 22.6 Å². The van der Waals surface area contributed by atoms with Crippen molar-refractivity contribution >= 4 is 11.1 Å². The molecule has 0 amide bonds. The Hall–Kier alpha value is -1.43. The highest BCUT2D eigenvalue weighted by Gasteiger charge is 2.08. The van der Waals surface area contributed by atoms with Crippen LogP contribution >= 0.6 is 0 Å². The zero-order valence-corrected chi connectivity index (χ0v) is 10.8. The minimum absolute atomic E-state index is 0.00464. The normalized spacial score (nSPS) is 13.4. The fourth-order valence-corrected chi connectivity index (χ4v) is 2.02. The summed E-state index contributed by atoms with van der Waals surface area (Å²) in [5.74, 6) is 0.679. The summed E-state index contributed by atoms with van der Waals surface area (Å²) in [7, 11) is 1.98. The van der Waals surface area contributed by atoms with Gasteiger partial charge in [-0.05, 0) is 24.7 Å². The molecule has 0 radical (unpaired) electrons. The van der Waals surface area contributed by atoms with Gasteiger partial charge in [0.25, 0.3) is 0 Å². The van der Waals surface area contributed by atoms with Crippen LogP contribution in [0.25, 0.3) is 11.1 Å². The maximum absolute atomic E-state index is 8.92. The quantitative estimate of drug-likeness (QED) is 0.823. The Labute approximate surface area is 106 Å². The van der Waals surface area contributed by atoms with Crippen LogP contribution in [0.3, 0.4) is 0 Å². The number of hydrogen-bond donors (Lipinski definition) is 2. The van der Waals surface area contributed by atoms with E-state index in [9.17, 15) is 0 Å². The number of aryl methyl sites for hydroxylation is 1. The molecule has 1 aromatic carbocycles. The number of fused-ring (bicyclic) bond motifs is 1. The van der Waals surface area contributed by atoms with Gasteiger partial charge < -0.3 is 20.2 Å². The molecule has 0 aliphatic rings. The lowest BCUT2D eigenvalue weighted by Gasteiger charge is -2.19. The molecule has 98 valence electrons. The first-order valence-electron chi connectivity index (χ1n) is 5.99. The van der Waals surface area contributed by atoms with Gasteiger partial charge in [-0.3, -0.25) is 0 Å². The maximum Gasteiger partial charge on any atom is 0.192 e. The van der Waals surface area contributed by atoms with Gasteiger partial charge in [0.2, 0.25) is 0 Å². The van der Waals surface area contributed by atoms with E-state index in [1.165, 1.54) is 0 Å². The van der Waals surface area contributed by atoms with E-state index in [0.29, 0.717) is 12.4 Å². The first-order valence-corrected chi connectivity index (χ1v) is 5.99. The van der Waals surface area contributed by atoms with Crippen LogP contribution in [0.5, 0.6) is 0 Å². The molecule has 18 heavy (non-hydrogen) atoms. The van der Waals surface area contributed by atoms with Crippen LogP contribution in [0.2, 0.25) is 0 Å². The van der Waals surface area contributed by atoms with Crippen molar-refractivity contribution < 1.29 is 9.52 Å². The van der Waals surface area contributed by atoms with Crippen molar-refractivity contribution in [2.24, 2.45) is 5.73 Å². The van der Waals surface area contributed by atoms with E-state index in [4.69, 9.17) is 15.3 Å². The Kier molecular flexibility index (Phi) is 3.96. The highest BCUT2D eigenvalue weighted by Crippen LogP contribution is 2.17. The molecular formula is C13H19N3O2. The lowest BCUT2D eigenvalue weighted by molar-refractivity contribution is 0.218. The lowest BCUT2D eigenvalue weighted by atomic mass is 10.2. The summed E-state index contributed by atoms with van der Waals surface area (Å²) in [4.78, 5) is 6.34. The number of benzene rings is 1. The number of rotatable bonds is 5. The number of aliphatic hydroxyl groups is 1. The molecule has 1 unspecified atom stereocenters. The van der Waals surface area contributed by atoms with Gasteiger partial charge in [-0.1, -0.05) is 6.07 Å². The summed E-state index contributed by atoms with van der Waals surface area (Å²) in [6.07, 6.45) is 0. The van der Waals surface area contributed by atoms with Crippen LogP contribution in [0.1, 0.15) is 11.5 Å². The van der Waals surface area contributed by atoms with E-state index >= 15 is 0 Å². The molecule has 1 atom stereocenters. The minimum atomic E-state index is -0.203. The summed E-state index contributed by atoms with van der Waals surface area (Å²) < 4.78 is 5.50. The van der Waals surface area contributed by atoms with Crippen molar-refractivity contribution in [2.45, 2.75) is 19.5 Å². The summed E-state index contributed by atoms with van der Waals surface area (Å²) in [6.45, 7) is 3.27. The third-order valence-corrected chi connectivity index (χ3v) is 2.79. The molecule has 2 rings (SSSR count). The van der Waals surface area contributed by atoms with Gasteiger partial charge in [0.15, 0.2) is 11.5 Å². The number of nitrogens with two attached hydrogens (primary N) is 1. The van der Waals surface area contributed by atoms with Crippen molar-refractivity contribution in [1.82, 2.24) is 9.88 Å². The third-order valence-electron chi connectivity index (χ3n) is 2.79. The first-order chi connectivity index (χ1) is 8.58. The van der Waals surface area contributed by atoms with Crippen LogP contribution in [-0.2, 0) is 6.54 Å². The van der Waals surface area contributed by atoms with Crippen LogP contribution < -0.4 is 5.73 Å². The molecule has 0 bridgehead atoms. The molecule has 5 nitrogen and oxygen atoms in total. The topological polar surface area (TPSA) is 75.5 Å². The van der Waals surface area contributed by atoms with Gasteiger partial charge in [0.05, 0.1) is 6.61 Å². The SMILES string of the molecule is Cc1nc2ccc(CN(C)CC(N)CO)cc2o1. The highest BCUT2D eigenvalue weighted by atomic mass is 16.3. The first kappa shape index (κ1) is 13.0. The average molecular weight is 249 g/mol. The molecule has 2 aromatic rings. The number of aromatic nitrogens is 1. The molecule has 1 aromatic heterocycles. The van der Waals surface area contributed by atoms with E-state index in [1.54, 1.807) is 0 Å². The molecule has 0 saturated heterocycles. The number of aliphatic hydroxyl groups excluding tert-OH is 1. The molecule has 5 heteroatoms. The van der Waals surface area contributed by atoms with E-state index in [-0.39, 0.29) is 12.6 Å². The van der Waals surface area contributed by atoms with Crippen LogP contribution in [-0.4, -0.2) is 41.2 Å². The molecule has 0 aliphatic heterocycles.